The van der Waals surface area contributed by atoms with E-state index in [0.717, 1.165) is 37.3 Å². The first-order chi connectivity index (χ1) is 17.5. The highest BCUT2D eigenvalue weighted by atomic mass is 32.2. The molecule has 1 aliphatic rings. The van der Waals surface area contributed by atoms with Crippen LogP contribution in [0.15, 0.2) is 54.6 Å². The Morgan fingerprint density at radius 3 is 2.41 bits per heavy atom. The molecule has 0 spiro atoms. The van der Waals surface area contributed by atoms with Crippen molar-refractivity contribution in [2.24, 2.45) is 5.73 Å². The average Bonchev–Trinajstić information content (AvgIpc) is 3.23. The quantitative estimate of drug-likeness (QED) is 0.306. The van der Waals surface area contributed by atoms with Crippen LogP contribution in [0.1, 0.15) is 36.7 Å². The molecule has 1 fully saturated rings. The van der Waals surface area contributed by atoms with Gasteiger partial charge in [-0.15, -0.1) is 0 Å². The summed E-state index contributed by atoms with van der Waals surface area (Å²) in [6, 6.07) is 16.1. The summed E-state index contributed by atoms with van der Waals surface area (Å²) in [7, 11) is -3.58. The smallest absolute Gasteiger partial charge is 0.232 e. The molecule has 1 aliphatic heterocycles. The van der Waals surface area contributed by atoms with Gasteiger partial charge >= 0.3 is 0 Å². The Morgan fingerprint density at radius 2 is 1.81 bits per heavy atom. The van der Waals surface area contributed by atoms with Gasteiger partial charge in [0.15, 0.2) is 0 Å². The highest BCUT2D eigenvalue weighted by molar-refractivity contribution is 7.92. The maximum atomic E-state index is 12.7. The lowest BCUT2D eigenvalue weighted by atomic mass is 10.1. The van der Waals surface area contributed by atoms with Crippen LogP contribution in [0.5, 0.6) is 5.75 Å². The first kappa shape index (κ1) is 26.2. The molecule has 0 bridgehead atoms. The molecule has 0 radical (unpaired) electrons. The predicted octanol–water partition coefficient (Wildman–Crippen LogP) is 3.27. The Kier molecular flexibility index (Phi) is 7.53. The monoisotopic (exact) mass is 523 g/mol. The van der Waals surface area contributed by atoms with Gasteiger partial charge in [-0.3, -0.25) is 15.1 Å². The van der Waals surface area contributed by atoms with Gasteiger partial charge in [0.1, 0.15) is 17.7 Å². The van der Waals surface area contributed by atoms with Crippen molar-refractivity contribution in [3.63, 3.8) is 0 Å². The number of nitrogens with two attached hydrogens (primary N) is 1. The number of hydrogen-bond donors (Lipinski definition) is 3. The molecule has 0 atom stereocenters. The minimum atomic E-state index is -3.58. The largest absolute Gasteiger partial charge is 0.490 e. The van der Waals surface area contributed by atoms with Crippen molar-refractivity contribution in [2.45, 2.75) is 39.3 Å². The van der Waals surface area contributed by atoms with Crippen molar-refractivity contribution >= 4 is 27.4 Å². The molecular weight excluding hydrogens is 490 g/mol. The summed E-state index contributed by atoms with van der Waals surface area (Å²) in [6.45, 7) is 5.35. The zero-order valence-corrected chi connectivity index (χ0v) is 22.1. The third-order valence-corrected chi connectivity index (χ3v) is 7.53. The molecule has 1 saturated heterocycles. The number of sulfonamides is 1. The Balaban J connectivity index is 1.49. The van der Waals surface area contributed by atoms with Crippen LogP contribution < -0.4 is 14.8 Å². The van der Waals surface area contributed by atoms with Gasteiger partial charge in [0.2, 0.25) is 10.0 Å². The van der Waals surface area contributed by atoms with Crippen LogP contribution >= 0.6 is 0 Å². The molecule has 2 aromatic carbocycles. The van der Waals surface area contributed by atoms with Crippen molar-refractivity contribution in [1.82, 2.24) is 14.7 Å². The second-order valence-corrected chi connectivity index (χ2v) is 11.2. The van der Waals surface area contributed by atoms with Crippen molar-refractivity contribution in [3.8, 4) is 11.4 Å². The number of anilines is 1. The number of nitrogen functional groups attached to an aromatic ring is 1. The molecule has 1 aromatic heterocycles. The summed E-state index contributed by atoms with van der Waals surface area (Å²) in [5.41, 5.74) is 8.89. The molecule has 0 amide bonds. The Morgan fingerprint density at radius 1 is 1.14 bits per heavy atom. The van der Waals surface area contributed by atoms with E-state index in [9.17, 15) is 8.42 Å². The van der Waals surface area contributed by atoms with Gasteiger partial charge in [-0.25, -0.2) is 13.1 Å². The highest BCUT2D eigenvalue weighted by Gasteiger charge is 2.22. The third-order valence-electron chi connectivity index (χ3n) is 6.39. The van der Waals surface area contributed by atoms with E-state index in [0.29, 0.717) is 28.5 Å². The minimum absolute atomic E-state index is 0.0329. The number of aryl methyl sites for hydroxylation is 1. The number of rotatable bonds is 8. The fourth-order valence-corrected chi connectivity index (χ4v) is 5.29. The van der Waals surface area contributed by atoms with E-state index >= 15 is 0 Å². The number of aromatic nitrogens is 2. The Labute approximate surface area is 217 Å². The minimum Gasteiger partial charge on any atom is -0.490 e. The van der Waals surface area contributed by atoms with Crippen molar-refractivity contribution in [2.75, 3.05) is 23.7 Å². The lowest BCUT2D eigenvalue weighted by Gasteiger charge is -2.32. The Bertz CT molecular complexity index is 1390. The van der Waals surface area contributed by atoms with Gasteiger partial charge in [0.25, 0.3) is 0 Å². The van der Waals surface area contributed by atoms with Crippen molar-refractivity contribution in [3.05, 3.63) is 71.5 Å². The third kappa shape index (κ3) is 6.29. The number of nitrogens with one attached hydrogen (secondary N) is 2. The van der Waals surface area contributed by atoms with Crippen LogP contribution in [0.3, 0.4) is 0 Å². The van der Waals surface area contributed by atoms with E-state index in [-0.39, 0.29) is 18.5 Å². The first-order valence-corrected chi connectivity index (χ1v) is 13.9. The van der Waals surface area contributed by atoms with E-state index in [1.165, 1.54) is 10.6 Å². The van der Waals surface area contributed by atoms with Crippen molar-refractivity contribution in [1.29, 1.82) is 10.8 Å². The number of ether oxygens (including phenoxy) is 1. The molecule has 3 aromatic rings. The summed E-state index contributed by atoms with van der Waals surface area (Å²) in [6.07, 6.45) is 2.92. The van der Waals surface area contributed by atoms with Gasteiger partial charge in [0, 0.05) is 37.2 Å². The zero-order valence-electron chi connectivity index (χ0n) is 21.3. The number of amidine groups is 2. The van der Waals surface area contributed by atoms with E-state index in [2.05, 4.69) is 5.10 Å². The van der Waals surface area contributed by atoms with E-state index in [1.54, 1.807) is 54.1 Å². The summed E-state index contributed by atoms with van der Waals surface area (Å²) in [5.74, 6) is 1.23. The van der Waals surface area contributed by atoms with Crippen LogP contribution in [-0.2, 0) is 16.6 Å². The molecule has 0 unspecified atom stereocenters. The summed E-state index contributed by atoms with van der Waals surface area (Å²) in [4.78, 5) is 2.04. The number of likely N-dealkylation sites (tertiary alicyclic amines) is 1. The number of nitrogens with zero attached hydrogens (tertiary/aromatic N) is 4. The maximum Gasteiger partial charge on any atom is 0.232 e. The number of piperidine rings is 1. The topological polar surface area (TPSA) is 141 Å². The zero-order chi connectivity index (χ0) is 26.7. The highest BCUT2D eigenvalue weighted by Crippen LogP contribution is 2.26. The summed E-state index contributed by atoms with van der Waals surface area (Å²) in [5, 5.41) is 20.1. The second kappa shape index (κ2) is 10.6. The molecule has 0 saturated carbocycles. The molecule has 10 nitrogen and oxygen atoms in total. The van der Waals surface area contributed by atoms with E-state index in [1.807, 2.05) is 24.0 Å². The van der Waals surface area contributed by atoms with Gasteiger partial charge in [0.05, 0.1) is 35.7 Å². The van der Waals surface area contributed by atoms with Gasteiger partial charge in [-0.2, -0.15) is 5.10 Å². The maximum absolute atomic E-state index is 12.7. The lowest BCUT2D eigenvalue weighted by Crippen LogP contribution is -2.40. The van der Waals surface area contributed by atoms with E-state index in [4.69, 9.17) is 21.3 Å². The molecule has 2 heterocycles. The van der Waals surface area contributed by atoms with Crippen LogP contribution in [0.2, 0.25) is 0 Å². The van der Waals surface area contributed by atoms with Crippen LogP contribution in [0.4, 0.5) is 5.69 Å². The number of benzene rings is 2. The molecule has 4 rings (SSSR count). The molecule has 0 aliphatic carbocycles. The van der Waals surface area contributed by atoms with Crippen LogP contribution in [-0.4, -0.2) is 60.2 Å². The molecule has 4 N–H and O–H groups in total. The average molecular weight is 524 g/mol. The van der Waals surface area contributed by atoms with Gasteiger partial charge < -0.3 is 15.4 Å². The fourth-order valence-electron chi connectivity index (χ4n) is 4.42. The normalized spacial score (nSPS) is 14.4. The molecule has 11 heteroatoms. The van der Waals surface area contributed by atoms with Gasteiger partial charge in [-0.05, 0) is 56.3 Å². The SMILES string of the molecule is CC(=N)N1CCC(Oc2ccc(N(Cc3cc(C)n(-c4cccc(C(=N)N)c4)n3)S(C)(=O)=O)cc2)CC1. The number of hydrogen-bond acceptors (Lipinski definition) is 6. The van der Waals surface area contributed by atoms with Crippen LogP contribution in [0, 0.1) is 17.7 Å². The molecular formula is C26H33N7O3S. The molecule has 37 heavy (non-hydrogen) atoms. The fraction of sp³-hybridized carbons (Fsp3) is 0.346. The standard InChI is InChI=1S/C26H33N7O3S/c1-18-15-21(30-33(18)23-6-4-5-20(16-23)26(28)29)17-32(37(3,34)35)22-7-9-24(10-8-22)36-25-11-13-31(14-12-25)19(2)27/h4-10,15-16,25,27H,11-14,17H2,1-3H3,(H3,28,29). The van der Waals surface area contributed by atoms with E-state index < -0.39 is 10.0 Å². The molecule has 196 valence electrons. The van der Waals surface area contributed by atoms with Crippen LogP contribution in [0.25, 0.3) is 5.69 Å². The summed E-state index contributed by atoms with van der Waals surface area (Å²) >= 11 is 0. The summed E-state index contributed by atoms with van der Waals surface area (Å²) < 4.78 is 34.6. The first-order valence-electron chi connectivity index (χ1n) is 12.1. The van der Waals surface area contributed by atoms with Crippen molar-refractivity contribution < 1.29 is 13.2 Å². The Hall–Kier alpha value is -3.86. The lowest BCUT2D eigenvalue weighted by molar-refractivity contribution is 0.130. The predicted molar refractivity (Wildman–Crippen MR) is 145 cm³/mol. The second-order valence-electron chi connectivity index (χ2n) is 9.31. The van der Waals surface area contributed by atoms with Gasteiger partial charge in [-0.1, -0.05) is 12.1 Å².